The van der Waals surface area contributed by atoms with Crippen LogP contribution >= 0.6 is 11.3 Å². The summed E-state index contributed by atoms with van der Waals surface area (Å²) in [7, 11) is 1.68. The van der Waals surface area contributed by atoms with Crippen molar-refractivity contribution in [3.8, 4) is 5.75 Å². The summed E-state index contributed by atoms with van der Waals surface area (Å²) in [5.41, 5.74) is 4.73. The zero-order valence-corrected chi connectivity index (χ0v) is 15.9. The van der Waals surface area contributed by atoms with Crippen LogP contribution in [0.2, 0.25) is 0 Å². The fourth-order valence-corrected chi connectivity index (χ4v) is 4.10. The summed E-state index contributed by atoms with van der Waals surface area (Å²) in [4.78, 5) is 0. The minimum atomic E-state index is -0.202. The predicted octanol–water partition coefficient (Wildman–Crippen LogP) is 5.19. The van der Waals surface area contributed by atoms with Crippen LogP contribution in [0, 0.1) is 5.82 Å². The fraction of sp³-hybridized carbons (Fsp3) is 0.182. The molecule has 0 spiro atoms. The van der Waals surface area contributed by atoms with Crippen LogP contribution in [0.25, 0.3) is 10.2 Å². The number of hydrogen-bond donors (Lipinski definition) is 1. The predicted molar refractivity (Wildman–Crippen MR) is 109 cm³/mol. The SMILES string of the molecule is COc1cccc(CNCc2cc3sccc3n2Cc2ccc(F)cc2)c1. The summed E-state index contributed by atoms with van der Waals surface area (Å²) in [5, 5.41) is 5.63. The van der Waals surface area contributed by atoms with E-state index >= 15 is 0 Å². The lowest BCUT2D eigenvalue weighted by Crippen LogP contribution is -2.16. The number of nitrogens with one attached hydrogen (secondary N) is 1. The summed E-state index contributed by atoms with van der Waals surface area (Å²) in [5.74, 6) is 0.668. The minimum absolute atomic E-state index is 0.202. The van der Waals surface area contributed by atoms with Gasteiger partial charge in [-0.15, -0.1) is 11.3 Å². The summed E-state index contributed by atoms with van der Waals surface area (Å²) < 4.78 is 22.1. The van der Waals surface area contributed by atoms with Crippen LogP contribution in [0.4, 0.5) is 4.39 Å². The van der Waals surface area contributed by atoms with E-state index in [0.29, 0.717) is 0 Å². The number of thiophene rings is 1. The molecule has 3 nitrogen and oxygen atoms in total. The lowest BCUT2D eigenvalue weighted by atomic mass is 10.2. The summed E-state index contributed by atoms with van der Waals surface area (Å²) >= 11 is 1.74. The Hall–Kier alpha value is -2.63. The number of ether oxygens (including phenoxy) is 1. The molecule has 0 aliphatic rings. The number of halogens is 1. The second kappa shape index (κ2) is 7.94. The van der Waals surface area contributed by atoms with E-state index in [-0.39, 0.29) is 5.82 Å². The van der Waals surface area contributed by atoms with E-state index in [2.05, 4.69) is 33.5 Å². The number of rotatable bonds is 7. The van der Waals surface area contributed by atoms with Crippen LogP contribution in [-0.4, -0.2) is 11.7 Å². The van der Waals surface area contributed by atoms with Crippen LogP contribution < -0.4 is 10.1 Å². The second-order valence-electron chi connectivity index (χ2n) is 6.47. The Kier molecular flexibility index (Phi) is 5.23. The van der Waals surface area contributed by atoms with Gasteiger partial charge in [0.25, 0.3) is 0 Å². The van der Waals surface area contributed by atoms with Crippen LogP contribution in [0.1, 0.15) is 16.8 Å². The van der Waals surface area contributed by atoms with Gasteiger partial charge in [0.05, 0.1) is 17.3 Å². The Bertz CT molecular complexity index is 1040. The molecule has 0 aliphatic heterocycles. The van der Waals surface area contributed by atoms with Crippen LogP contribution in [0.3, 0.4) is 0 Å². The molecule has 27 heavy (non-hydrogen) atoms. The van der Waals surface area contributed by atoms with Gasteiger partial charge in [-0.25, -0.2) is 4.39 Å². The monoisotopic (exact) mass is 380 g/mol. The van der Waals surface area contributed by atoms with Crippen molar-refractivity contribution in [3.63, 3.8) is 0 Å². The summed E-state index contributed by atoms with van der Waals surface area (Å²) in [6.45, 7) is 2.27. The van der Waals surface area contributed by atoms with Crippen molar-refractivity contribution in [2.75, 3.05) is 7.11 Å². The maximum atomic E-state index is 13.2. The number of fused-ring (bicyclic) bond motifs is 1. The molecule has 4 aromatic rings. The van der Waals surface area contributed by atoms with E-state index in [9.17, 15) is 4.39 Å². The first-order valence-electron chi connectivity index (χ1n) is 8.86. The fourth-order valence-electron chi connectivity index (χ4n) is 3.25. The zero-order valence-electron chi connectivity index (χ0n) is 15.1. The van der Waals surface area contributed by atoms with Gasteiger partial charge in [-0.05, 0) is 52.9 Å². The third kappa shape index (κ3) is 4.04. The van der Waals surface area contributed by atoms with Gasteiger partial charge in [0.15, 0.2) is 0 Å². The Labute approximate surface area is 162 Å². The van der Waals surface area contributed by atoms with Gasteiger partial charge in [0.1, 0.15) is 11.6 Å². The van der Waals surface area contributed by atoms with Gasteiger partial charge in [0, 0.05) is 25.3 Å². The molecular formula is C22H21FN2OS. The lowest BCUT2D eigenvalue weighted by Gasteiger charge is -2.12. The molecular weight excluding hydrogens is 359 g/mol. The highest BCUT2D eigenvalue weighted by atomic mass is 32.1. The van der Waals surface area contributed by atoms with Crippen molar-refractivity contribution in [3.05, 3.63) is 88.7 Å². The third-order valence-corrected chi connectivity index (χ3v) is 5.48. The first-order valence-corrected chi connectivity index (χ1v) is 9.74. The molecule has 0 radical (unpaired) electrons. The van der Waals surface area contributed by atoms with Crippen LogP contribution in [0.5, 0.6) is 5.75 Å². The number of nitrogens with zero attached hydrogens (tertiary/aromatic N) is 1. The zero-order chi connectivity index (χ0) is 18.6. The standard InChI is InChI=1S/C22H21FN2OS/c1-26-20-4-2-3-17(11-20)13-24-14-19-12-22-21(9-10-27-22)25(19)15-16-5-7-18(23)8-6-16/h2-12,24H,13-15H2,1H3. The Morgan fingerprint density at radius 1 is 1.00 bits per heavy atom. The number of aromatic nitrogens is 1. The highest BCUT2D eigenvalue weighted by molar-refractivity contribution is 7.17. The molecule has 0 fully saturated rings. The van der Waals surface area contributed by atoms with Crippen molar-refractivity contribution in [1.29, 1.82) is 0 Å². The van der Waals surface area contributed by atoms with Gasteiger partial charge in [-0.3, -0.25) is 0 Å². The molecule has 0 unspecified atom stereocenters. The molecule has 2 heterocycles. The van der Waals surface area contributed by atoms with E-state index in [4.69, 9.17) is 4.74 Å². The van der Waals surface area contributed by atoms with Crippen LogP contribution in [-0.2, 0) is 19.6 Å². The van der Waals surface area contributed by atoms with Crippen molar-refractivity contribution in [2.45, 2.75) is 19.6 Å². The van der Waals surface area contributed by atoms with E-state index in [0.717, 1.165) is 30.9 Å². The maximum absolute atomic E-state index is 13.2. The molecule has 0 atom stereocenters. The van der Waals surface area contributed by atoms with Gasteiger partial charge in [-0.2, -0.15) is 0 Å². The molecule has 1 N–H and O–H groups in total. The lowest BCUT2D eigenvalue weighted by molar-refractivity contribution is 0.414. The topological polar surface area (TPSA) is 26.2 Å². The van der Waals surface area contributed by atoms with Crippen molar-refractivity contribution in [1.82, 2.24) is 9.88 Å². The molecule has 2 aromatic carbocycles. The number of methoxy groups -OCH3 is 1. The van der Waals surface area contributed by atoms with E-state index in [1.54, 1.807) is 18.4 Å². The molecule has 0 bridgehead atoms. The van der Waals surface area contributed by atoms with Gasteiger partial charge in [0.2, 0.25) is 0 Å². The van der Waals surface area contributed by atoms with Gasteiger partial charge in [-0.1, -0.05) is 24.3 Å². The highest BCUT2D eigenvalue weighted by Gasteiger charge is 2.10. The molecule has 4 rings (SSSR count). The smallest absolute Gasteiger partial charge is 0.123 e. The van der Waals surface area contributed by atoms with E-state index in [1.165, 1.54) is 33.6 Å². The summed E-state index contributed by atoms with van der Waals surface area (Å²) in [6.07, 6.45) is 0. The van der Waals surface area contributed by atoms with Gasteiger partial charge < -0.3 is 14.6 Å². The largest absolute Gasteiger partial charge is 0.497 e. The number of benzene rings is 2. The molecule has 0 amide bonds. The Morgan fingerprint density at radius 3 is 2.67 bits per heavy atom. The Morgan fingerprint density at radius 2 is 1.85 bits per heavy atom. The Balaban J connectivity index is 1.51. The second-order valence-corrected chi connectivity index (χ2v) is 7.42. The van der Waals surface area contributed by atoms with E-state index in [1.807, 2.05) is 30.3 Å². The van der Waals surface area contributed by atoms with E-state index < -0.39 is 0 Å². The average Bonchev–Trinajstić information content (AvgIpc) is 3.26. The quantitative estimate of drug-likeness (QED) is 0.478. The van der Waals surface area contributed by atoms with Crippen LogP contribution in [0.15, 0.2) is 66.0 Å². The molecule has 0 saturated heterocycles. The van der Waals surface area contributed by atoms with Gasteiger partial charge >= 0.3 is 0 Å². The molecule has 2 aromatic heterocycles. The molecule has 138 valence electrons. The van der Waals surface area contributed by atoms with Crippen molar-refractivity contribution in [2.24, 2.45) is 0 Å². The molecule has 0 saturated carbocycles. The minimum Gasteiger partial charge on any atom is -0.497 e. The molecule has 0 aliphatic carbocycles. The molecule has 5 heteroatoms. The first-order chi connectivity index (χ1) is 13.2. The maximum Gasteiger partial charge on any atom is 0.123 e. The number of hydrogen-bond acceptors (Lipinski definition) is 3. The van der Waals surface area contributed by atoms with Crippen molar-refractivity contribution < 1.29 is 9.13 Å². The average molecular weight is 380 g/mol. The normalized spacial score (nSPS) is 11.2. The highest BCUT2D eigenvalue weighted by Crippen LogP contribution is 2.26. The van der Waals surface area contributed by atoms with Crippen molar-refractivity contribution >= 4 is 21.6 Å². The first kappa shape index (κ1) is 17.8. The summed E-state index contributed by atoms with van der Waals surface area (Å²) in [6, 6.07) is 19.2. The third-order valence-electron chi connectivity index (χ3n) is 4.63.